The molecule has 2 atom stereocenters. The standard InChI is InChI=1S/C18H21FN2OS/c19-14-5-7-15(8-6-14)23-11-13-3-1-2-4-16(13)17(22)21-18(12-20)9-10-18/h5-8,13,16H,1-4,9-11H2,(H,21,22)/t13-,16-/m1/s1. The molecule has 0 aliphatic heterocycles. The van der Waals surface area contributed by atoms with Crippen molar-refractivity contribution in [3.8, 4) is 6.07 Å². The molecule has 23 heavy (non-hydrogen) atoms. The van der Waals surface area contributed by atoms with E-state index in [0.717, 1.165) is 49.2 Å². The van der Waals surface area contributed by atoms with Crippen LogP contribution in [-0.2, 0) is 4.79 Å². The van der Waals surface area contributed by atoms with E-state index in [1.165, 1.54) is 12.1 Å². The van der Waals surface area contributed by atoms with Gasteiger partial charge < -0.3 is 5.32 Å². The molecule has 2 saturated carbocycles. The summed E-state index contributed by atoms with van der Waals surface area (Å²) in [6.07, 6.45) is 5.74. The lowest BCUT2D eigenvalue weighted by atomic mass is 9.79. The van der Waals surface area contributed by atoms with Gasteiger partial charge in [0.1, 0.15) is 11.4 Å². The van der Waals surface area contributed by atoms with Crippen molar-refractivity contribution in [1.82, 2.24) is 5.32 Å². The third-order valence-corrected chi connectivity index (χ3v) is 6.05. The second-order valence-corrected chi connectivity index (χ2v) is 7.69. The highest BCUT2D eigenvalue weighted by atomic mass is 32.2. The van der Waals surface area contributed by atoms with E-state index in [-0.39, 0.29) is 17.6 Å². The molecular formula is C18H21FN2OS. The van der Waals surface area contributed by atoms with Crippen LogP contribution in [0.5, 0.6) is 0 Å². The van der Waals surface area contributed by atoms with Crippen LogP contribution in [0.2, 0.25) is 0 Å². The van der Waals surface area contributed by atoms with Crippen molar-refractivity contribution in [1.29, 1.82) is 5.26 Å². The Morgan fingerprint density at radius 3 is 2.65 bits per heavy atom. The lowest BCUT2D eigenvalue weighted by Crippen LogP contribution is -2.43. The molecule has 0 aromatic heterocycles. The number of thioether (sulfide) groups is 1. The molecule has 5 heteroatoms. The molecule has 3 nitrogen and oxygen atoms in total. The molecule has 0 bridgehead atoms. The van der Waals surface area contributed by atoms with Crippen molar-refractivity contribution < 1.29 is 9.18 Å². The number of halogens is 1. The first-order chi connectivity index (χ1) is 11.1. The Hall–Kier alpha value is -1.54. The lowest BCUT2D eigenvalue weighted by molar-refractivity contribution is -0.128. The third-order valence-electron chi connectivity index (χ3n) is 4.85. The molecule has 1 aromatic carbocycles. The van der Waals surface area contributed by atoms with Gasteiger partial charge in [-0.05, 0) is 55.9 Å². The average molecular weight is 332 g/mol. The molecule has 0 radical (unpaired) electrons. The maximum atomic E-state index is 13.0. The van der Waals surface area contributed by atoms with Crippen LogP contribution < -0.4 is 5.32 Å². The summed E-state index contributed by atoms with van der Waals surface area (Å²) in [4.78, 5) is 13.6. The second kappa shape index (κ2) is 6.92. The van der Waals surface area contributed by atoms with Gasteiger partial charge in [0.25, 0.3) is 0 Å². The molecule has 1 N–H and O–H groups in total. The zero-order valence-corrected chi connectivity index (χ0v) is 13.9. The van der Waals surface area contributed by atoms with Gasteiger partial charge >= 0.3 is 0 Å². The van der Waals surface area contributed by atoms with Crippen molar-refractivity contribution in [3.05, 3.63) is 30.1 Å². The van der Waals surface area contributed by atoms with Gasteiger partial charge in [0.05, 0.1) is 6.07 Å². The summed E-state index contributed by atoms with van der Waals surface area (Å²) in [5.41, 5.74) is -0.580. The summed E-state index contributed by atoms with van der Waals surface area (Å²) in [5.74, 6) is 1.02. The maximum absolute atomic E-state index is 13.0. The van der Waals surface area contributed by atoms with Gasteiger partial charge in [0.15, 0.2) is 0 Å². The Kier molecular flexibility index (Phi) is 4.91. The van der Waals surface area contributed by atoms with Gasteiger partial charge in [0.2, 0.25) is 5.91 Å². The molecule has 1 aromatic rings. The summed E-state index contributed by atoms with van der Waals surface area (Å²) in [7, 11) is 0. The van der Waals surface area contributed by atoms with Crippen LogP contribution in [0.4, 0.5) is 4.39 Å². The Labute approximate surface area is 140 Å². The number of carbonyl (C=O) groups excluding carboxylic acids is 1. The van der Waals surface area contributed by atoms with Crippen molar-refractivity contribution in [2.75, 3.05) is 5.75 Å². The molecule has 2 aliphatic carbocycles. The number of nitrogens with zero attached hydrogens (tertiary/aromatic N) is 1. The van der Waals surface area contributed by atoms with Crippen molar-refractivity contribution in [2.45, 2.75) is 49.0 Å². The van der Waals surface area contributed by atoms with E-state index in [2.05, 4.69) is 11.4 Å². The largest absolute Gasteiger partial charge is 0.338 e. The predicted octanol–water partition coefficient (Wildman–Crippen LogP) is 3.90. The van der Waals surface area contributed by atoms with E-state index in [1.54, 1.807) is 23.9 Å². The monoisotopic (exact) mass is 332 g/mol. The zero-order chi connectivity index (χ0) is 16.3. The Morgan fingerprint density at radius 1 is 1.30 bits per heavy atom. The molecule has 0 saturated heterocycles. The number of nitrogens with one attached hydrogen (secondary N) is 1. The van der Waals surface area contributed by atoms with Gasteiger partial charge in [-0.25, -0.2) is 4.39 Å². The Balaban J connectivity index is 1.58. The minimum absolute atomic E-state index is 0.00234. The number of hydrogen-bond donors (Lipinski definition) is 1. The molecule has 3 rings (SSSR count). The second-order valence-electron chi connectivity index (χ2n) is 6.60. The van der Waals surface area contributed by atoms with Gasteiger partial charge in [-0.2, -0.15) is 5.26 Å². The third kappa shape index (κ3) is 4.06. The topological polar surface area (TPSA) is 52.9 Å². The van der Waals surface area contributed by atoms with Gasteiger partial charge in [0, 0.05) is 16.6 Å². The Bertz CT molecular complexity index is 606. The smallest absolute Gasteiger partial charge is 0.224 e. The summed E-state index contributed by atoms with van der Waals surface area (Å²) >= 11 is 1.68. The van der Waals surface area contributed by atoms with Crippen molar-refractivity contribution in [2.24, 2.45) is 11.8 Å². The summed E-state index contributed by atoms with van der Waals surface area (Å²) in [6.45, 7) is 0. The number of amides is 1. The highest BCUT2D eigenvalue weighted by Gasteiger charge is 2.46. The van der Waals surface area contributed by atoms with Crippen LogP contribution in [0.1, 0.15) is 38.5 Å². The van der Waals surface area contributed by atoms with E-state index >= 15 is 0 Å². The van der Waals surface area contributed by atoms with Crippen LogP contribution in [0.15, 0.2) is 29.2 Å². The van der Waals surface area contributed by atoms with Crippen LogP contribution in [0, 0.1) is 29.0 Å². The predicted molar refractivity (Wildman–Crippen MR) is 88.3 cm³/mol. The van der Waals surface area contributed by atoms with Gasteiger partial charge in [-0.1, -0.05) is 12.8 Å². The molecule has 0 heterocycles. The van der Waals surface area contributed by atoms with Crippen LogP contribution in [0.25, 0.3) is 0 Å². The Morgan fingerprint density at radius 2 is 2.00 bits per heavy atom. The van der Waals surface area contributed by atoms with E-state index in [9.17, 15) is 9.18 Å². The number of benzene rings is 1. The minimum atomic E-state index is -0.580. The van der Waals surface area contributed by atoms with E-state index < -0.39 is 5.54 Å². The number of nitriles is 1. The first-order valence-corrected chi connectivity index (χ1v) is 9.22. The van der Waals surface area contributed by atoms with E-state index in [1.807, 2.05) is 0 Å². The quantitative estimate of drug-likeness (QED) is 0.832. The van der Waals surface area contributed by atoms with E-state index in [0.29, 0.717) is 5.92 Å². The maximum Gasteiger partial charge on any atom is 0.224 e. The van der Waals surface area contributed by atoms with Crippen LogP contribution in [0.3, 0.4) is 0 Å². The average Bonchev–Trinajstić information content (AvgIpc) is 3.34. The van der Waals surface area contributed by atoms with Crippen LogP contribution in [-0.4, -0.2) is 17.2 Å². The van der Waals surface area contributed by atoms with Gasteiger partial charge in [-0.3, -0.25) is 4.79 Å². The molecule has 2 fully saturated rings. The molecule has 0 spiro atoms. The fourth-order valence-corrected chi connectivity index (χ4v) is 4.34. The van der Waals surface area contributed by atoms with E-state index in [4.69, 9.17) is 5.26 Å². The fraction of sp³-hybridized carbons (Fsp3) is 0.556. The highest BCUT2D eigenvalue weighted by Crippen LogP contribution is 2.38. The van der Waals surface area contributed by atoms with Crippen molar-refractivity contribution >= 4 is 17.7 Å². The molecule has 122 valence electrons. The normalized spacial score (nSPS) is 25.4. The van der Waals surface area contributed by atoms with Crippen molar-refractivity contribution in [3.63, 3.8) is 0 Å². The summed E-state index contributed by atoms with van der Waals surface area (Å²) in [5, 5.41) is 12.1. The molecular weight excluding hydrogens is 311 g/mol. The minimum Gasteiger partial charge on any atom is -0.338 e. The SMILES string of the molecule is N#CC1(NC(=O)[C@@H]2CCCC[C@@H]2CSc2ccc(F)cc2)CC1. The zero-order valence-electron chi connectivity index (χ0n) is 13.1. The summed E-state index contributed by atoms with van der Waals surface area (Å²) < 4.78 is 13.0. The van der Waals surface area contributed by atoms with Gasteiger partial charge in [-0.15, -0.1) is 11.8 Å². The number of rotatable bonds is 5. The number of carbonyl (C=O) groups is 1. The first kappa shape index (κ1) is 16.3. The fourth-order valence-electron chi connectivity index (χ4n) is 3.20. The summed E-state index contributed by atoms with van der Waals surface area (Å²) in [6, 6.07) is 8.74. The first-order valence-electron chi connectivity index (χ1n) is 8.23. The molecule has 0 unspecified atom stereocenters. The highest BCUT2D eigenvalue weighted by molar-refractivity contribution is 7.99. The number of hydrogen-bond acceptors (Lipinski definition) is 3. The molecule has 1 amide bonds. The molecule has 2 aliphatic rings. The van der Waals surface area contributed by atoms with Crippen LogP contribution >= 0.6 is 11.8 Å². The lowest BCUT2D eigenvalue weighted by Gasteiger charge is -2.31.